The summed E-state index contributed by atoms with van der Waals surface area (Å²) in [6, 6.07) is 3.60. The smallest absolute Gasteiger partial charge is 0.417 e. The molecule has 3 rings (SSSR count). The Balaban J connectivity index is 1.95. The third kappa shape index (κ3) is 4.46. The van der Waals surface area contributed by atoms with Gasteiger partial charge < -0.3 is 9.84 Å². The van der Waals surface area contributed by atoms with Crippen LogP contribution in [0.5, 0.6) is 5.75 Å². The van der Waals surface area contributed by atoms with Crippen molar-refractivity contribution in [3.8, 4) is 5.75 Å². The number of hydrogen-bond donors (Lipinski definition) is 1. The van der Waals surface area contributed by atoms with Crippen molar-refractivity contribution in [3.05, 3.63) is 52.9 Å². The van der Waals surface area contributed by atoms with E-state index in [9.17, 15) is 22.7 Å². The molecule has 0 radical (unpaired) electrons. The maximum atomic E-state index is 14.2. The first-order valence-electron chi connectivity index (χ1n) is 10.0. The Hall–Kier alpha value is -2.15. The van der Waals surface area contributed by atoms with Gasteiger partial charge in [-0.05, 0) is 54.4 Å². The first-order chi connectivity index (χ1) is 14.0. The predicted octanol–water partition coefficient (Wildman–Crippen LogP) is 5.68. The molecule has 2 aliphatic rings. The molecule has 2 unspecified atom stereocenters. The zero-order valence-corrected chi connectivity index (χ0v) is 17.4. The number of ether oxygens (including phenoxy) is 1. The number of fused-ring (bicyclic) bond motifs is 1. The molecule has 3 nitrogen and oxygen atoms in total. The third-order valence-corrected chi connectivity index (χ3v) is 5.96. The van der Waals surface area contributed by atoms with E-state index in [1.54, 1.807) is 19.9 Å². The van der Waals surface area contributed by atoms with Crippen molar-refractivity contribution in [2.75, 3.05) is 7.11 Å². The molecule has 1 aromatic carbocycles. The first kappa shape index (κ1) is 22.5. The van der Waals surface area contributed by atoms with Crippen LogP contribution in [0.4, 0.5) is 17.6 Å². The fourth-order valence-electron chi connectivity index (χ4n) is 4.48. The molecule has 2 atom stereocenters. The van der Waals surface area contributed by atoms with Crippen molar-refractivity contribution >= 4 is 6.21 Å². The minimum atomic E-state index is -4.85. The van der Waals surface area contributed by atoms with Crippen LogP contribution < -0.4 is 4.74 Å². The third-order valence-electron chi connectivity index (χ3n) is 5.96. The first-order valence-corrected chi connectivity index (χ1v) is 10.0. The summed E-state index contributed by atoms with van der Waals surface area (Å²) in [5.74, 6) is -0.386. The summed E-state index contributed by atoms with van der Waals surface area (Å²) < 4.78 is 61.2. The summed E-state index contributed by atoms with van der Waals surface area (Å²) in [5.41, 5.74) is -2.44. The van der Waals surface area contributed by atoms with Crippen molar-refractivity contribution in [2.45, 2.75) is 69.2 Å². The Bertz CT molecular complexity index is 886. The van der Waals surface area contributed by atoms with E-state index in [-0.39, 0.29) is 11.8 Å². The maximum absolute atomic E-state index is 14.2. The Labute approximate surface area is 174 Å². The summed E-state index contributed by atoms with van der Waals surface area (Å²) in [6.07, 6.45) is 1.56. The van der Waals surface area contributed by atoms with Crippen LogP contribution in [0.1, 0.15) is 51.5 Å². The molecule has 0 spiro atoms. The topological polar surface area (TPSA) is 41.8 Å². The molecular weight excluding hydrogens is 398 g/mol. The minimum Gasteiger partial charge on any atom is -0.496 e. The number of rotatable bonds is 6. The van der Waals surface area contributed by atoms with E-state index in [0.717, 1.165) is 30.9 Å². The molecule has 1 aliphatic heterocycles. The number of nitrogens with zero attached hydrogens (tertiary/aromatic N) is 1. The number of aliphatic hydroxyl groups is 1. The molecular formula is C23H27F4NO2. The minimum absolute atomic E-state index is 0.138. The number of methoxy groups -OCH3 is 1. The highest BCUT2D eigenvalue weighted by atomic mass is 19.4. The van der Waals surface area contributed by atoms with Gasteiger partial charge in [-0.3, -0.25) is 4.99 Å². The molecule has 30 heavy (non-hydrogen) atoms. The fourth-order valence-corrected chi connectivity index (χ4v) is 4.48. The molecule has 1 aliphatic carbocycles. The lowest BCUT2D eigenvalue weighted by molar-refractivity contribution is -0.266. The second-order valence-electron chi connectivity index (χ2n) is 8.71. The number of alkyl halides is 3. The highest BCUT2D eigenvalue weighted by molar-refractivity contribution is 5.77. The molecule has 164 valence electrons. The Morgan fingerprint density at radius 1 is 1.23 bits per heavy atom. The van der Waals surface area contributed by atoms with Crippen molar-refractivity contribution in [2.24, 2.45) is 4.99 Å². The summed E-state index contributed by atoms with van der Waals surface area (Å²) >= 11 is 0. The van der Waals surface area contributed by atoms with Gasteiger partial charge in [0.2, 0.25) is 0 Å². The van der Waals surface area contributed by atoms with Gasteiger partial charge in [0.05, 0.1) is 13.2 Å². The molecule has 1 aromatic rings. The normalized spacial score (nSPS) is 21.4. The Morgan fingerprint density at radius 3 is 2.63 bits per heavy atom. The standard InChI is InChI=1S/C23H27F4NO2/c1-21(2,18-9-8-16(24)12-20(18)30-3)14-22(29,23(25,26)27)13-15-10-11-28-19-7-5-4-6-17(15)19/h6,8-12,19,29H,4-5,7,13-14H2,1-3H3. The van der Waals surface area contributed by atoms with Gasteiger partial charge in [-0.2, -0.15) is 13.2 Å². The number of allylic oxidation sites excluding steroid dienone is 2. The highest BCUT2D eigenvalue weighted by Gasteiger charge is 2.56. The lowest BCUT2D eigenvalue weighted by Gasteiger charge is -2.40. The number of hydrogen-bond acceptors (Lipinski definition) is 3. The highest BCUT2D eigenvalue weighted by Crippen LogP contribution is 2.47. The summed E-state index contributed by atoms with van der Waals surface area (Å²) in [5, 5.41) is 11.0. The predicted molar refractivity (Wildman–Crippen MR) is 109 cm³/mol. The molecule has 0 fully saturated rings. The van der Waals surface area contributed by atoms with Gasteiger partial charge in [0.15, 0.2) is 5.60 Å². The van der Waals surface area contributed by atoms with Gasteiger partial charge in [-0.15, -0.1) is 0 Å². The van der Waals surface area contributed by atoms with Crippen molar-refractivity contribution < 1.29 is 27.4 Å². The zero-order valence-electron chi connectivity index (χ0n) is 17.4. The molecule has 0 saturated heterocycles. The molecule has 0 saturated carbocycles. The zero-order chi connectivity index (χ0) is 22.2. The second-order valence-corrected chi connectivity index (χ2v) is 8.71. The molecule has 0 bridgehead atoms. The van der Waals surface area contributed by atoms with Crippen LogP contribution in [0.3, 0.4) is 0 Å². The van der Waals surface area contributed by atoms with Crippen molar-refractivity contribution in [1.29, 1.82) is 0 Å². The second kappa shape index (κ2) is 8.17. The number of dihydropyridines is 1. The van der Waals surface area contributed by atoms with E-state index in [4.69, 9.17) is 4.74 Å². The van der Waals surface area contributed by atoms with Crippen LogP contribution in [0, 0.1) is 5.82 Å². The van der Waals surface area contributed by atoms with Crippen molar-refractivity contribution in [3.63, 3.8) is 0 Å². The fraction of sp³-hybridized carbons (Fsp3) is 0.522. The SMILES string of the molecule is COc1cc(F)ccc1C(C)(C)CC(O)(CC1=CC=NC2CCCC=C12)C(F)(F)F. The van der Waals surface area contributed by atoms with Crippen LogP contribution in [-0.2, 0) is 5.41 Å². The molecule has 1 heterocycles. The molecule has 0 aromatic heterocycles. The van der Waals surface area contributed by atoms with E-state index in [1.807, 2.05) is 6.08 Å². The van der Waals surface area contributed by atoms with E-state index in [1.165, 1.54) is 25.5 Å². The Morgan fingerprint density at radius 2 is 1.97 bits per heavy atom. The average Bonchev–Trinajstić information content (AvgIpc) is 2.66. The van der Waals surface area contributed by atoms with E-state index >= 15 is 0 Å². The van der Waals surface area contributed by atoms with E-state index in [0.29, 0.717) is 11.1 Å². The van der Waals surface area contributed by atoms with Gasteiger partial charge in [0, 0.05) is 24.3 Å². The van der Waals surface area contributed by atoms with Gasteiger partial charge in [-0.25, -0.2) is 4.39 Å². The van der Waals surface area contributed by atoms with Crippen molar-refractivity contribution in [1.82, 2.24) is 0 Å². The van der Waals surface area contributed by atoms with Gasteiger partial charge >= 0.3 is 6.18 Å². The molecule has 1 N–H and O–H groups in total. The lowest BCUT2D eigenvalue weighted by Crippen LogP contribution is -2.49. The van der Waals surface area contributed by atoms with Crippen LogP contribution >= 0.6 is 0 Å². The summed E-state index contributed by atoms with van der Waals surface area (Å²) in [6.45, 7) is 3.19. The largest absolute Gasteiger partial charge is 0.496 e. The van der Waals surface area contributed by atoms with Gasteiger partial charge in [0.25, 0.3) is 0 Å². The summed E-state index contributed by atoms with van der Waals surface area (Å²) in [7, 11) is 1.34. The summed E-state index contributed by atoms with van der Waals surface area (Å²) in [4.78, 5) is 4.36. The average molecular weight is 425 g/mol. The van der Waals surface area contributed by atoms with Crippen LogP contribution in [0.2, 0.25) is 0 Å². The van der Waals surface area contributed by atoms with Gasteiger partial charge in [-0.1, -0.05) is 26.0 Å². The number of aliphatic imine (C=N–C) groups is 1. The monoisotopic (exact) mass is 425 g/mol. The quantitative estimate of drug-likeness (QED) is 0.596. The Kier molecular flexibility index (Phi) is 6.14. The lowest BCUT2D eigenvalue weighted by atomic mass is 9.71. The van der Waals surface area contributed by atoms with Crippen LogP contribution in [0.15, 0.2) is 46.5 Å². The van der Waals surface area contributed by atoms with E-state index in [2.05, 4.69) is 4.99 Å². The molecule has 0 amide bonds. The number of benzene rings is 1. The van der Waals surface area contributed by atoms with E-state index < -0.39 is 35.9 Å². The number of halogens is 4. The van der Waals surface area contributed by atoms with Crippen LogP contribution in [0.25, 0.3) is 0 Å². The van der Waals surface area contributed by atoms with Gasteiger partial charge in [0.1, 0.15) is 11.6 Å². The molecule has 7 heteroatoms. The maximum Gasteiger partial charge on any atom is 0.417 e. The van der Waals surface area contributed by atoms with Crippen LogP contribution in [-0.4, -0.2) is 36.3 Å².